The van der Waals surface area contributed by atoms with E-state index in [1.165, 1.54) is 0 Å². The third-order valence-electron chi connectivity index (χ3n) is 5.05. The molecule has 1 saturated heterocycles. The van der Waals surface area contributed by atoms with Crippen molar-refractivity contribution in [3.05, 3.63) is 42.5 Å². The minimum atomic E-state index is -0.577. The van der Waals surface area contributed by atoms with Crippen molar-refractivity contribution >= 4 is 23.3 Å². The van der Waals surface area contributed by atoms with Crippen molar-refractivity contribution in [2.24, 2.45) is 0 Å². The van der Waals surface area contributed by atoms with Crippen molar-refractivity contribution in [2.45, 2.75) is 0 Å². The first-order valence-electron chi connectivity index (χ1n) is 9.73. The first-order chi connectivity index (χ1) is 14.6. The van der Waals surface area contributed by atoms with Gasteiger partial charge in [-0.15, -0.1) is 0 Å². The Hall–Kier alpha value is -3.46. The van der Waals surface area contributed by atoms with Crippen LogP contribution in [-0.4, -0.2) is 63.5 Å². The number of fused-ring (bicyclic) bond motifs is 1. The Morgan fingerprint density at radius 2 is 1.80 bits per heavy atom. The summed E-state index contributed by atoms with van der Waals surface area (Å²) in [5, 5.41) is 5.00. The van der Waals surface area contributed by atoms with Crippen LogP contribution in [0.2, 0.25) is 0 Å². The standard InChI is InChI=1S/C21H24N4O5/c1-28-17-5-3-2-4-16(17)25-10-8-24(9-11-25)13-20(26)23-21(27)22-15-6-7-18-19(12-15)30-14-29-18/h2-7,12H,8-11,13-14H2,1H3,(H2,22,23,26,27). The highest BCUT2D eigenvalue weighted by molar-refractivity contribution is 6.01. The van der Waals surface area contributed by atoms with Crippen LogP contribution in [0.5, 0.6) is 17.2 Å². The van der Waals surface area contributed by atoms with E-state index in [1.54, 1.807) is 25.3 Å². The maximum atomic E-state index is 12.3. The molecule has 30 heavy (non-hydrogen) atoms. The lowest BCUT2D eigenvalue weighted by Crippen LogP contribution is -2.50. The summed E-state index contributed by atoms with van der Waals surface area (Å²) in [7, 11) is 1.66. The number of methoxy groups -OCH3 is 1. The van der Waals surface area contributed by atoms with E-state index in [0.29, 0.717) is 17.2 Å². The lowest BCUT2D eigenvalue weighted by molar-refractivity contribution is -0.121. The summed E-state index contributed by atoms with van der Waals surface area (Å²) in [5.41, 5.74) is 1.57. The molecule has 2 aliphatic heterocycles. The smallest absolute Gasteiger partial charge is 0.325 e. The fraction of sp³-hybridized carbons (Fsp3) is 0.333. The van der Waals surface area contributed by atoms with Gasteiger partial charge in [-0.25, -0.2) is 4.79 Å². The van der Waals surface area contributed by atoms with E-state index in [2.05, 4.69) is 15.5 Å². The second kappa shape index (κ2) is 8.91. The molecule has 0 aromatic heterocycles. The molecular formula is C21H24N4O5. The SMILES string of the molecule is COc1ccccc1N1CCN(CC(=O)NC(=O)Nc2ccc3c(c2)OCO3)CC1. The van der Waals surface area contributed by atoms with Crippen molar-refractivity contribution < 1.29 is 23.8 Å². The molecule has 0 unspecified atom stereocenters. The van der Waals surface area contributed by atoms with Crippen LogP contribution in [0.1, 0.15) is 0 Å². The summed E-state index contributed by atoms with van der Waals surface area (Å²) in [6.45, 7) is 3.31. The highest BCUT2D eigenvalue weighted by Crippen LogP contribution is 2.34. The van der Waals surface area contributed by atoms with Crippen LogP contribution in [0.15, 0.2) is 42.5 Å². The lowest BCUT2D eigenvalue weighted by atomic mass is 10.2. The second-order valence-electron chi connectivity index (χ2n) is 7.01. The van der Waals surface area contributed by atoms with Gasteiger partial charge in [0.1, 0.15) is 5.75 Å². The van der Waals surface area contributed by atoms with Crippen molar-refractivity contribution in [1.82, 2.24) is 10.2 Å². The van der Waals surface area contributed by atoms with Gasteiger partial charge in [0.2, 0.25) is 12.7 Å². The highest BCUT2D eigenvalue weighted by Gasteiger charge is 2.22. The molecule has 1 fully saturated rings. The summed E-state index contributed by atoms with van der Waals surface area (Å²) >= 11 is 0. The normalized spacial score (nSPS) is 15.6. The van der Waals surface area contributed by atoms with Crippen LogP contribution in [0.25, 0.3) is 0 Å². The average molecular weight is 412 g/mol. The molecule has 2 aromatic rings. The number of nitrogens with one attached hydrogen (secondary N) is 2. The van der Waals surface area contributed by atoms with E-state index in [-0.39, 0.29) is 19.2 Å². The van der Waals surface area contributed by atoms with Gasteiger partial charge >= 0.3 is 6.03 Å². The molecule has 2 N–H and O–H groups in total. The summed E-state index contributed by atoms with van der Waals surface area (Å²) in [6, 6.07) is 12.4. The van der Waals surface area contributed by atoms with Crippen molar-refractivity contribution in [2.75, 3.05) is 56.8 Å². The molecule has 0 aliphatic carbocycles. The van der Waals surface area contributed by atoms with Crippen LogP contribution in [0, 0.1) is 0 Å². The lowest BCUT2D eigenvalue weighted by Gasteiger charge is -2.36. The van der Waals surface area contributed by atoms with Crippen molar-refractivity contribution in [3.63, 3.8) is 0 Å². The van der Waals surface area contributed by atoms with Gasteiger partial charge < -0.3 is 24.4 Å². The maximum Gasteiger partial charge on any atom is 0.325 e. The predicted molar refractivity (Wildman–Crippen MR) is 111 cm³/mol. The van der Waals surface area contributed by atoms with E-state index >= 15 is 0 Å². The van der Waals surface area contributed by atoms with Gasteiger partial charge in [0.25, 0.3) is 0 Å². The molecular weight excluding hydrogens is 388 g/mol. The zero-order valence-electron chi connectivity index (χ0n) is 16.7. The highest BCUT2D eigenvalue weighted by atomic mass is 16.7. The monoisotopic (exact) mass is 412 g/mol. The molecule has 2 heterocycles. The number of piperazine rings is 1. The minimum absolute atomic E-state index is 0.161. The van der Waals surface area contributed by atoms with Gasteiger partial charge in [0.05, 0.1) is 19.3 Å². The Labute approximate surface area is 174 Å². The molecule has 0 bridgehead atoms. The molecule has 0 spiro atoms. The Morgan fingerprint density at radius 1 is 1.03 bits per heavy atom. The predicted octanol–water partition coefficient (Wildman–Crippen LogP) is 1.89. The number of ether oxygens (including phenoxy) is 3. The van der Waals surface area contributed by atoms with Crippen LogP contribution in [0.4, 0.5) is 16.2 Å². The molecule has 0 atom stereocenters. The first-order valence-corrected chi connectivity index (χ1v) is 9.73. The number of amides is 3. The van der Waals surface area contributed by atoms with E-state index < -0.39 is 6.03 Å². The zero-order valence-corrected chi connectivity index (χ0v) is 16.7. The largest absolute Gasteiger partial charge is 0.495 e. The van der Waals surface area contributed by atoms with Crippen LogP contribution >= 0.6 is 0 Å². The maximum absolute atomic E-state index is 12.3. The number of nitrogens with zero attached hydrogens (tertiary/aromatic N) is 2. The molecule has 158 valence electrons. The molecule has 0 saturated carbocycles. The summed E-state index contributed by atoms with van der Waals surface area (Å²) < 4.78 is 15.9. The third-order valence-corrected chi connectivity index (χ3v) is 5.05. The van der Waals surface area contributed by atoms with Crippen LogP contribution in [-0.2, 0) is 4.79 Å². The number of hydrogen-bond donors (Lipinski definition) is 2. The molecule has 3 amide bonds. The van der Waals surface area contributed by atoms with E-state index in [1.807, 2.05) is 29.2 Å². The van der Waals surface area contributed by atoms with Gasteiger partial charge in [-0.05, 0) is 24.3 Å². The van der Waals surface area contributed by atoms with E-state index in [9.17, 15) is 9.59 Å². The minimum Gasteiger partial charge on any atom is -0.495 e. The van der Waals surface area contributed by atoms with Gasteiger partial charge in [-0.2, -0.15) is 0 Å². The van der Waals surface area contributed by atoms with Gasteiger partial charge in [0, 0.05) is 37.9 Å². The van der Waals surface area contributed by atoms with E-state index in [4.69, 9.17) is 14.2 Å². The number of hydrogen-bond acceptors (Lipinski definition) is 7. The van der Waals surface area contributed by atoms with Crippen LogP contribution < -0.4 is 29.7 Å². The Kier molecular flexibility index (Phi) is 5.89. The first kappa shape index (κ1) is 19.8. The molecule has 4 rings (SSSR count). The quantitative estimate of drug-likeness (QED) is 0.775. The topological polar surface area (TPSA) is 92.4 Å². The summed E-state index contributed by atoms with van der Waals surface area (Å²) in [4.78, 5) is 28.6. The number of benzene rings is 2. The molecule has 2 aliphatic rings. The Morgan fingerprint density at radius 3 is 2.60 bits per heavy atom. The number of carbonyl (C=O) groups is 2. The number of carbonyl (C=O) groups excluding carboxylic acids is 2. The van der Waals surface area contributed by atoms with Crippen LogP contribution in [0.3, 0.4) is 0 Å². The van der Waals surface area contributed by atoms with Gasteiger partial charge in [0.15, 0.2) is 11.5 Å². The summed E-state index contributed by atoms with van der Waals surface area (Å²) in [6.07, 6.45) is 0. The number of anilines is 2. The zero-order chi connectivity index (χ0) is 20.9. The Bertz CT molecular complexity index is 927. The number of urea groups is 1. The molecule has 9 heteroatoms. The number of rotatable bonds is 5. The molecule has 0 radical (unpaired) electrons. The Balaban J connectivity index is 1.23. The fourth-order valence-electron chi connectivity index (χ4n) is 3.54. The van der Waals surface area contributed by atoms with Gasteiger partial charge in [-0.1, -0.05) is 12.1 Å². The summed E-state index contributed by atoms with van der Waals surface area (Å²) in [5.74, 6) is 1.68. The molecule has 2 aromatic carbocycles. The number of para-hydroxylation sites is 2. The van der Waals surface area contributed by atoms with Crippen molar-refractivity contribution in [1.29, 1.82) is 0 Å². The number of imide groups is 1. The van der Waals surface area contributed by atoms with Crippen molar-refractivity contribution in [3.8, 4) is 17.2 Å². The molecule has 9 nitrogen and oxygen atoms in total. The third kappa shape index (κ3) is 4.57. The van der Waals surface area contributed by atoms with E-state index in [0.717, 1.165) is 37.6 Å². The fourth-order valence-corrected chi connectivity index (χ4v) is 3.54. The van der Waals surface area contributed by atoms with Gasteiger partial charge in [-0.3, -0.25) is 15.0 Å². The average Bonchev–Trinajstić information content (AvgIpc) is 3.22. The second-order valence-corrected chi connectivity index (χ2v) is 7.01.